The lowest BCUT2D eigenvalue weighted by Gasteiger charge is -2.31. The third-order valence-electron chi connectivity index (χ3n) is 11.2. The fraction of sp³-hybridized carbons (Fsp3) is 0.102. The quantitative estimate of drug-likeness (QED) is 0.175. The Morgan fingerprint density at radius 3 is 1.75 bits per heavy atom. The Morgan fingerprint density at radius 2 is 1.08 bits per heavy atom. The Bertz CT molecular complexity index is 2500. The van der Waals surface area contributed by atoms with Gasteiger partial charge in [0.25, 0.3) is 0 Å². The molecule has 0 spiro atoms. The van der Waals surface area contributed by atoms with Crippen molar-refractivity contribution in [3.63, 3.8) is 0 Å². The van der Waals surface area contributed by atoms with E-state index >= 15 is 0 Å². The summed E-state index contributed by atoms with van der Waals surface area (Å²) in [4.78, 5) is 4.90. The second-order valence-corrected chi connectivity index (χ2v) is 14.2. The van der Waals surface area contributed by atoms with Crippen LogP contribution in [0.1, 0.15) is 13.3 Å². The summed E-state index contributed by atoms with van der Waals surface area (Å²) >= 11 is 0. The van der Waals surface area contributed by atoms with E-state index < -0.39 is 0 Å². The predicted molar refractivity (Wildman–Crippen MR) is 219 cm³/mol. The molecule has 6 aromatic carbocycles. The number of benzene rings is 6. The lowest BCUT2D eigenvalue weighted by Crippen LogP contribution is -2.32. The molecule has 3 nitrogen and oxygen atoms in total. The zero-order chi connectivity index (χ0) is 34.6. The van der Waals surface area contributed by atoms with Crippen molar-refractivity contribution in [2.45, 2.75) is 19.4 Å². The Labute approximate surface area is 305 Å². The van der Waals surface area contributed by atoms with Crippen LogP contribution in [0.2, 0.25) is 0 Å². The molecule has 52 heavy (non-hydrogen) atoms. The molecule has 0 fully saturated rings. The van der Waals surface area contributed by atoms with Gasteiger partial charge in [0, 0.05) is 50.8 Å². The Hall–Kier alpha value is -6.32. The molecule has 3 aliphatic rings. The highest BCUT2D eigenvalue weighted by atomic mass is 15.2. The van der Waals surface area contributed by atoms with Crippen LogP contribution in [-0.4, -0.2) is 10.6 Å². The minimum atomic E-state index is 0.319. The van der Waals surface area contributed by atoms with Gasteiger partial charge in [-0.05, 0) is 108 Å². The summed E-state index contributed by atoms with van der Waals surface area (Å²) in [6, 6.07) is 55.4. The Morgan fingerprint density at radius 1 is 0.538 bits per heavy atom. The molecule has 3 atom stereocenters. The van der Waals surface area contributed by atoms with E-state index in [0.29, 0.717) is 17.9 Å². The second kappa shape index (κ2) is 12.5. The zero-order valence-corrected chi connectivity index (χ0v) is 29.2. The van der Waals surface area contributed by atoms with Gasteiger partial charge in [0.15, 0.2) is 0 Å². The molecule has 1 aromatic heterocycles. The van der Waals surface area contributed by atoms with Gasteiger partial charge in [0.1, 0.15) is 0 Å². The smallest absolute Gasteiger partial charge is 0.0626 e. The van der Waals surface area contributed by atoms with Crippen LogP contribution in [0.4, 0.5) is 22.7 Å². The van der Waals surface area contributed by atoms with E-state index in [-0.39, 0.29) is 0 Å². The van der Waals surface area contributed by atoms with Crippen molar-refractivity contribution in [1.82, 2.24) is 4.57 Å². The number of aromatic nitrogens is 1. The molecule has 250 valence electrons. The fourth-order valence-electron chi connectivity index (χ4n) is 8.77. The summed E-state index contributed by atoms with van der Waals surface area (Å²) < 4.78 is 2.37. The number of anilines is 4. The molecule has 7 aromatic rings. The molecular weight excluding hydrogens is 631 g/mol. The van der Waals surface area contributed by atoms with Crippen LogP contribution in [-0.2, 0) is 0 Å². The molecule has 1 aliphatic heterocycles. The van der Waals surface area contributed by atoms with Crippen LogP contribution >= 0.6 is 0 Å². The van der Waals surface area contributed by atoms with Crippen LogP contribution in [0.3, 0.4) is 0 Å². The molecule has 0 saturated heterocycles. The molecule has 0 N–H and O–H groups in total. The first kappa shape index (κ1) is 30.5. The lowest BCUT2D eigenvalue weighted by molar-refractivity contribution is 0.581. The third-order valence-corrected chi connectivity index (χ3v) is 11.2. The number of rotatable bonds is 6. The summed E-state index contributed by atoms with van der Waals surface area (Å²) in [5.41, 5.74) is 13.6. The second-order valence-electron chi connectivity index (χ2n) is 14.2. The van der Waals surface area contributed by atoms with Gasteiger partial charge in [0.2, 0.25) is 0 Å². The van der Waals surface area contributed by atoms with E-state index in [1.165, 1.54) is 50.0 Å². The number of para-hydroxylation sites is 3. The van der Waals surface area contributed by atoms with Gasteiger partial charge in [-0.1, -0.05) is 116 Å². The highest BCUT2D eigenvalue weighted by Gasteiger charge is 2.41. The minimum Gasteiger partial charge on any atom is -0.334 e. The van der Waals surface area contributed by atoms with E-state index in [9.17, 15) is 0 Å². The van der Waals surface area contributed by atoms with Crippen LogP contribution in [0, 0.1) is 11.8 Å². The van der Waals surface area contributed by atoms with Crippen molar-refractivity contribution in [1.29, 1.82) is 0 Å². The number of fused-ring (bicyclic) bond motifs is 5. The van der Waals surface area contributed by atoms with Gasteiger partial charge in [-0.3, -0.25) is 0 Å². The van der Waals surface area contributed by atoms with Gasteiger partial charge >= 0.3 is 0 Å². The maximum Gasteiger partial charge on any atom is 0.0626 e. The van der Waals surface area contributed by atoms with Gasteiger partial charge in [0.05, 0.1) is 17.1 Å². The van der Waals surface area contributed by atoms with Crippen molar-refractivity contribution in [3.05, 3.63) is 199 Å². The number of allylic oxidation sites excluding steroid dienone is 4. The largest absolute Gasteiger partial charge is 0.334 e. The van der Waals surface area contributed by atoms with Crippen molar-refractivity contribution in [2.24, 2.45) is 11.8 Å². The first-order chi connectivity index (χ1) is 25.7. The normalized spacial score (nSPS) is 19.0. The van der Waals surface area contributed by atoms with Crippen LogP contribution in [0.5, 0.6) is 0 Å². The molecule has 3 heteroatoms. The van der Waals surface area contributed by atoms with E-state index in [1.54, 1.807) is 5.57 Å². The van der Waals surface area contributed by atoms with Crippen LogP contribution in [0.15, 0.2) is 199 Å². The van der Waals surface area contributed by atoms with Crippen LogP contribution in [0.25, 0.3) is 38.6 Å². The maximum atomic E-state index is 2.55. The van der Waals surface area contributed by atoms with E-state index in [1.807, 2.05) is 0 Å². The Kier molecular flexibility index (Phi) is 7.31. The third kappa shape index (κ3) is 4.96. The molecule has 0 amide bonds. The first-order valence-corrected chi connectivity index (χ1v) is 18.4. The molecule has 0 saturated carbocycles. The highest BCUT2D eigenvalue weighted by molar-refractivity contribution is 6.09. The van der Waals surface area contributed by atoms with Gasteiger partial charge in [-0.15, -0.1) is 0 Å². The Balaban J connectivity index is 0.964. The van der Waals surface area contributed by atoms with Gasteiger partial charge in [-0.25, -0.2) is 0 Å². The summed E-state index contributed by atoms with van der Waals surface area (Å²) in [7, 11) is 0. The fourth-order valence-corrected chi connectivity index (χ4v) is 8.77. The molecule has 0 radical (unpaired) electrons. The van der Waals surface area contributed by atoms with Crippen molar-refractivity contribution < 1.29 is 0 Å². The standard InChI is InChI=1S/C49H39N3/c1-34-12-11-21-48-49(34)44-17-7-10-20-47(44)52(48)41-32-30-39(31-33-41)50(37-13-3-2-4-14-37)38-26-22-35(23-27-38)36-24-28-40(29-25-36)51-45-18-8-5-15-42(45)43-16-6-9-19-46(43)51/h2-11,13-34,44,47H,12H2,1H3. The van der Waals surface area contributed by atoms with Crippen molar-refractivity contribution >= 4 is 44.6 Å². The molecule has 3 unspecified atom stereocenters. The van der Waals surface area contributed by atoms with E-state index in [2.05, 4.69) is 209 Å². The summed E-state index contributed by atoms with van der Waals surface area (Å²) in [6.45, 7) is 2.37. The molecular formula is C49H39N3. The number of nitrogens with zero attached hydrogens (tertiary/aromatic N) is 3. The van der Waals surface area contributed by atoms with Gasteiger partial charge < -0.3 is 14.4 Å². The van der Waals surface area contributed by atoms with E-state index in [4.69, 9.17) is 0 Å². The predicted octanol–water partition coefficient (Wildman–Crippen LogP) is 12.7. The van der Waals surface area contributed by atoms with Crippen molar-refractivity contribution in [2.75, 3.05) is 9.80 Å². The monoisotopic (exact) mass is 669 g/mol. The lowest BCUT2D eigenvalue weighted by atomic mass is 9.81. The van der Waals surface area contributed by atoms with Crippen molar-refractivity contribution in [3.8, 4) is 16.8 Å². The summed E-state index contributed by atoms with van der Waals surface area (Å²) in [5.74, 6) is 0.992. The SMILES string of the molecule is CC1CC=CC2=C1C1C=CC=CC1N2c1ccc(N(c2ccccc2)c2ccc(-c3ccc(-n4c5ccccc5c5ccccc54)cc3)cc2)cc1. The number of hydrogen-bond acceptors (Lipinski definition) is 2. The van der Waals surface area contributed by atoms with Gasteiger partial charge in [-0.2, -0.15) is 0 Å². The summed E-state index contributed by atoms with van der Waals surface area (Å²) in [5, 5.41) is 2.56. The zero-order valence-electron chi connectivity index (χ0n) is 29.2. The minimum absolute atomic E-state index is 0.319. The maximum absolute atomic E-state index is 2.55. The molecule has 2 heterocycles. The average molecular weight is 670 g/mol. The van der Waals surface area contributed by atoms with E-state index in [0.717, 1.165) is 23.5 Å². The summed E-state index contributed by atoms with van der Waals surface area (Å²) in [6.07, 6.45) is 15.0. The number of hydrogen-bond donors (Lipinski definition) is 0. The topological polar surface area (TPSA) is 11.4 Å². The molecule has 10 rings (SSSR count). The highest BCUT2D eigenvalue weighted by Crippen LogP contribution is 2.47. The molecule has 0 bridgehead atoms. The van der Waals surface area contributed by atoms with Crippen LogP contribution < -0.4 is 9.80 Å². The first-order valence-electron chi connectivity index (χ1n) is 18.4. The average Bonchev–Trinajstić information content (AvgIpc) is 3.73. The molecule has 2 aliphatic carbocycles.